The minimum atomic E-state index is 0.498. The van der Waals surface area contributed by atoms with Crippen molar-refractivity contribution in [3.8, 4) is 5.75 Å². The predicted octanol–water partition coefficient (Wildman–Crippen LogP) is 3.71. The molecule has 2 aromatic rings. The van der Waals surface area contributed by atoms with Crippen LogP contribution in [0.15, 0.2) is 18.2 Å². The fourth-order valence-corrected chi connectivity index (χ4v) is 2.80. The van der Waals surface area contributed by atoms with Gasteiger partial charge in [0, 0.05) is 22.0 Å². The Balaban J connectivity index is 2.10. The zero-order chi connectivity index (χ0) is 13.8. The third-order valence-corrected chi connectivity index (χ3v) is 4.10. The molecule has 3 nitrogen and oxygen atoms in total. The number of nitrogens with zero attached hydrogens (tertiary/aromatic N) is 1. The second-order valence-electron chi connectivity index (χ2n) is 4.32. The lowest BCUT2D eigenvalue weighted by atomic mass is 10.2. The molecule has 102 valence electrons. The summed E-state index contributed by atoms with van der Waals surface area (Å²) in [5.74, 6) is 0.851. The van der Waals surface area contributed by atoms with Crippen LogP contribution in [-0.4, -0.2) is 12.0 Å². The second-order valence-corrected chi connectivity index (χ2v) is 6.04. The molecule has 1 aromatic heterocycles. The number of benzene rings is 1. The zero-order valence-electron chi connectivity index (χ0n) is 11.3. The molecular formula is C14H17ClN2OS. The SMILES string of the molecule is CNCc1cc(Cl)ccc1OCc1nc(C)c(C)s1. The normalized spacial score (nSPS) is 10.7. The van der Waals surface area contributed by atoms with E-state index in [4.69, 9.17) is 16.3 Å². The van der Waals surface area contributed by atoms with E-state index in [1.165, 1.54) is 4.88 Å². The molecule has 2 rings (SSSR count). The molecule has 1 N–H and O–H groups in total. The van der Waals surface area contributed by atoms with Crippen molar-refractivity contribution in [1.29, 1.82) is 0 Å². The van der Waals surface area contributed by atoms with Gasteiger partial charge >= 0.3 is 0 Å². The lowest BCUT2D eigenvalue weighted by molar-refractivity contribution is 0.301. The van der Waals surface area contributed by atoms with E-state index in [1.807, 2.05) is 32.2 Å². The van der Waals surface area contributed by atoms with Gasteiger partial charge in [-0.25, -0.2) is 4.98 Å². The van der Waals surface area contributed by atoms with Gasteiger partial charge < -0.3 is 10.1 Å². The molecule has 0 aliphatic carbocycles. The first-order valence-electron chi connectivity index (χ1n) is 6.09. The summed E-state index contributed by atoms with van der Waals surface area (Å²) in [6.45, 7) is 5.32. The maximum atomic E-state index is 6.00. The van der Waals surface area contributed by atoms with Gasteiger partial charge in [0.15, 0.2) is 0 Å². The summed E-state index contributed by atoms with van der Waals surface area (Å²) < 4.78 is 5.85. The quantitative estimate of drug-likeness (QED) is 0.913. The molecule has 0 saturated heterocycles. The fourth-order valence-electron chi connectivity index (χ4n) is 1.76. The van der Waals surface area contributed by atoms with E-state index in [0.717, 1.165) is 33.6 Å². The predicted molar refractivity (Wildman–Crippen MR) is 80.1 cm³/mol. The van der Waals surface area contributed by atoms with Crippen LogP contribution >= 0.6 is 22.9 Å². The van der Waals surface area contributed by atoms with Crippen molar-refractivity contribution in [1.82, 2.24) is 10.3 Å². The molecule has 0 aliphatic heterocycles. The Morgan fingerprint density at radius 1 is 1.37 bits per heavy atom. The molecule has 1 heterocycles. The Hall–Kier alpha value is -1.10. The Kier molecular flexibility index (Phi) is 4.80. The van der Waals surface area contributed by atoms with Crippen molar-refractivity contribution >= 4 is 22.9 Å². The first kappa shape index (κ1) is 14.3. The summed E-state index contributed by atoms with van der Waals surface area (Å²) in [5.41, 5.74) is 2.13. The number of aryl methyl sites for hydroxylation is 2. The van der Waals surface area contributed by atoms with Gasteiger partial charge in [0.25, 0.3) is 0 Å². The summed E-state index contributed by atoms with van der Waals surface area (Å²) in [6.07, 6.45) is 0. The van der Waals surface area contributed by atoms with Crippen LogP contribution < -0.4 is 10.1 Å². The standard InChI is InChI=1S/C14H17ClN2OS/c1-9-10(2)19-14(17-9)8-18-13-5-4-12(15)6-11(13)7-16-3/h4-6,16H,7-8H2,1-3H3. The second kappa shape index (κ2) is 6.37. The maximum absolute atomic E-state index is 6.00. The van der Waals surface area contributed by atoms with Crippen molar-refractivity contribution in [3.05, 3.63) is 44.4 Å². The minimum Gasteiger partial charge on any atom is -0.486 e. The van der Waals surface area contributed by atoms with E-state index >= 15 is 0 Å². The van der Waals surface area contributed by atoms with Crippen LogP contribution in [0.5, 0.6) is 5.75 Å². The van der Waals surface area contributed by atoms with Crippen LogP contribution in [0.25, 0.3) is 0 Å². The van der Waals surface area contributed by atoms with E-state index in [-0.39, 0.29) is 0 Å². The highest BCUT2D eigenvalue weighted by atomic mass is 35.5. The Labute approximate surface area is 122 Å². The molecule has 0 amide bonds. The minimum absolute atomic E-state index is 0.498. The van der Waals surface area contributed by atoms with Gasteiger partial charge in [-0.15, -0.1) is 11.3 Å². The van der Waals surface area contributed by atoms with Crippen LogP contribution in [0, 0.1) is 13.8 Å². The van der Waals surface area contributed by atoms with Crippen LogP contribution in [0.4, 0.5) is 0 Å². The van der Waals surface area contributed by atoms with Crippen LogP contribution in [0.2, 0.25) is 5.02 Å². The van der Waals surface area contributed by atoms with E-state index in [2.05, 4.69) is 17.2 Å². The number of nitrogens with one attached hydrogen (secondary N) is 1. The van der Waals surface area contributed by atoms with Gasteiger partial charge in [0.05, 0.1) is 5.69 Å². The maximum Gasteiger partial charge on any atom is 0.140 e. The van der Waals surface area contributed by atoms with Crippen molar-refractivity contribution in [2.24, 2.45) is 0 Å². The molecule has 0 radical (unpaired) electrons. The summed E-state index contributed by atoms with van der Waals surface area (Å²) in [7, 11) is 1.90. The molecule has 0 aliphatic rings. The molecule has 5 heteroatoms. The highest BCUT2D eigenvalue weighted by Gasteiger charge is 2.07. The average Bonchev–Trinajstić information content (AvgIpc) is 2.68. The van der Waals surface area contributed by atoms with Crippen molar-refractivity contribution in [3.63, 3.8) is 0 Å². The lowest BCUT2D eigenvalue weighted by Crippen LogP contribution is -2.07. The third-order valence-electron chi connectivity index (χ3n) is 2.81. The molecule has 0 atom stereocenters. The van der Waals surface area contributed by atoms with Gasteiger partial charge in [-0.2, -0.15) is 0 Å². The molecule has 0 spiro atoms. The largest absolute Gasteiger partial charge is 0.486 e. The number of hydrogen-bond donors (Lipinski definition) is 1. The van der Waals surface area contributed by atoms with E-state index in [0.29, 0.717) is 6.61 Å². The van der Waals surface area contributed by atoms with Gasteiger partial charge in [-0.05, 0) is 39.1 Å². The number of thiazole rings is 1. The first-order valence-corrected chi connectivity index (χ1v) is 7.28. The van der Waals surface area contributed by atoms with E-state index in [1.54, 1.807) is 11.3 Å². The fraction of sp³-hybridized carbons (Fsp3) is 0.357. The average molecular weight is 297 g/mol. The number of halogens is 1. The van der Waals surface area contributed by atoms with Crippen molar-refractivity contribution in [2.45, 2.75) is 27.0 Å². The summed E-state index contributed by atoms with van der Waals surface area (Å²) in [4.78, 5) is 5.71. The number of rotatable bonds is 5. The molecule has 0 fully saturated rings. The van der Waals surface area contributed by atoms with Gasteiger partial charge in [-0.3, -0.25) is 0 Å². The zero-order valence-corrected chi connectivity index (χ0v) is 12.9. The highest BCUT2D eigenvalue weighted by Crippen LogP contribution is 2.25. The number of hydrogen-bond acceptors (Lipinski definition) is 4. The molecule has 0 unspecified atom stereocenters. The van der Waals surface area contributed by atoms with Gasteiger partial charge in [0.2, 0.25) is 0 Å². The molecule has 0 bridgehead atoms. The molecule has 0 saturated carbocycles. The summed E-state index contributed by atoms with van der Waals surface area (Å²) >= 11 is 7.68. The Morgan fingerprint density at radius 2 is 2.16 bits per heavy atom. The van der Waals surface area contributed by atoms with E-state index < -0.39 is 0 Å². The summed E-state index contributed by atoms with van der Waals surface area (Å²) in [6, 6.07) is 5.67. The monoisotopic (exact) mass is 296 g/mol. The van der Waals surface area contributed by atoms with E-state index in [9.17, 15) is 0 Å². The van der Waals surface area contributed by atoms with Crippen molar-refractivity contribution < 1.29 is 4.74 Å². The number of ether oxygens (including phenoxy) is 1. The van der Waals surface area contributed by atoms with Crippen LogP contribution in [0.3, 0.4) is 0 Å². The topological polar surface area (TPSA) is 34.1 Å². The highest BCUT2D eigenvalue weighted by molar-refractivity contribution is 7.11. The van der Waals surface area contributed by atoms with Crippen LogP contribution in [-0.2, 0) is 13.2 Å². The van der Waals surface area contributed by atoms with Gasteiger partial charge in [-0.1, -0.05) is 11.6 Å². The lowest BCUT2D eigenvalue weighted by Gasteiger charge is -2.10. The first-order chi connectivity index (χ1) is 9.10. The Morgan fingerprint density at radius 3 is 2.79 bits per heavy atom. The van der Waals surface area contributed by atoms with Crippen molar-refractivity contribution in [2.75, 3.05) is 7.05 Å². The molecular weight excluding hydrogens is 280 g/mol. The third kappa shape index (κ3) is 3.69. The Bertz CT molecular complexity index is 549. The van der Waals surface area contributed by atoms with Crippen LogP contribution in [0.1, 0.15) is 21.1 Å². The molecule has 19 heavy (non-hydrogen) atoms. The van der Waals surface area contributed by atoms with Gasteiger partial charge in [0.1, 0.15) is 17.4 Å². The summed E-state index contributed by atoms with van der Waals surface area (Å²) in [5, 5.41) is 4.83. The number of aromatic nitrogens is 1. The molecule has 1 aromatic carbocycles. The smallest absolute Gasteiger partial charge is 0.140 e.